The minimum absolute atomic E-state index is 0.271. The largest absolute Gasteiger partial charge is 0.345 e. The molecule has 3 rings (SSSR count). The molecule has 0 saturated heterocycles. The summed E-state index contributed by atoms with van der Waals surface area (Å²) in [5.41, 5.74) is 1.53. The summed E-state index contributed by atoms with van der Waals surface area (Å²) in [4.78, 5) is 7.01. The quantitative estimate of drug-likeness (QED) is 0.854. The number of rotatable bonds is 2. The molecule has 0 fully saturated rings. The number of amidine groups is 1. The molecule has 108 valence electrons. The number of aliphatic imine (C=N–C) groups is 1. The number of halogens is 2. The molecule has 21 heavy (non-hydrogen) atoms. The molecule has 1 aromatic heterocycles. The van der Waals surface area contributed by atoms with Crippen molar-refractivity contribution >= 4 is 28.8 Å². The van der Waals surface area contributed by atoms with E-state index in [-0.39, 0.29) is 11.9 Å². The van der Waals surface area contributed by atoms with Crippen molar-refractivity contribution in [2.24, 2.45) is 4.99 Å². The number of hydrogen-bond donors (Lipinski definition) is 1. The van der Waals surface area contributed by atoms with E-state index < -0.39 is 0 Å². The number of thiophene rings is 1. The van der Waals surface area contributed by atoms with Crippen molar-refractivity contribution in [1.29, 1.82) is 0 Å². The van der Waals surface area contributed by atoms with Gasteiger partial charge in [0.05, 0.1) is 10.6 Å². The second kappa shape index (κ2) is 5.62. The van der Waals surface area contributed by atoms with Gasteiger partial charge in [-0.25, -0.2) is 4.39 Å². The van der Waals surface area contributed by atoms with Crippen molar-refractivity contribution in [2.45, 2.75) is 19.9 Å². The Balaban J connectivity index is 2.04. The van der Waals surface area contributed by atoms with Gasteiger partial charge in [-0.1, -0.05) is 23.7 Å². The number of aryl methyl sites for hydroxylation is 2. The lowest BCUT2D eigenvalue weighted by Gasteiger charge is -2.20. The predicted molar refractivity (Wildman–Crippen MR) is 86.5 cm³/mol. The van der Waals surface area contributed by atoms with E-state index >= 15 is 0 Å². The Hall–Kier alpha value is -1.65. The van der Waals surface area contributed by atoms with Gasteiger partial charge >= 0.3 is 0 Å². The van der Waals surface area contributed by atoms with Gasteiger partial charge in [0, 0.05) is 16.0 Å². The van der Waals surface area contributed by atoms with Crippen molar-refractivity contribution in [3.05, 3.63) is 68.3 Å². The first-order valence-electron chi connectivity index (χ1n) is 6.58. The average Bonchev–Trinajstić information content (AvgIpc) is 2.79. The van der Waals surface area contributed by atoms with Crippen LogP contribution in [-0.4, -0.2) is 5.84 Å². The summed E-state index contributed by atoms with van der Waals surface area (Å²) in [6, 6.07) is 8.40. The van der Waals surface area contributed by atoms with Crippen LogP contribution in [0.1, 0.15) is 26.9 Å². The molecule has 1 atom stereocenters. The van der Waals surface area contributed by atoms with Crippen LogP contribution < -0.4 is 5.32 Å². The summed E-state index contributed by atoms with van der Waals surface area (Å²) < 4.78 is 13.9. The third kappa shape index (κ3) is 2.74. The van der Waals surface area contributed by atoms with E-state index in [4.69, 9.17) is 11.6 Å². The van der Waals surface area contributed by atoms with Gasteiger partial charge in [0.15, 0.2) is 0 Å². The Morgan fingerprint density at radius 3 is 2.71 bits per heavy atom. The Kier molecular flexibility index (Phi) is 3.83. The fraction of sp³-hybridized carbons (Fsp3) is 0.188. The van der Waals surface area contributed by atoms with Crippen molar-refractivity contribution in [2.75, 3.05) is 0 Å². The van der Waals surface area contributed by atoms with Crippen LogP contribution >= 0.6 is 22.9 Å². The summed E-state index contributed by atoms with van der Waals surface area (Å²) in [6.07, 6.45) is 1.69. The molecule has 1 aromatic carbocycles. The maximum atomic E-state index is 13.9. The van der Waals surface area contributed by atoms with Crippen molar-refractivity contribution in [1.82, 2.24) is 5.32 Å². The molecular weight excluding hydrogens is 307 g/mol. The van der Waals surface area contributed by atoms with Gasteiger partial charge < -0.3 is 5.32 Å². The smallest absolute Gasteiger partial charge is 0.136 e. The molecule has 1 N–H and O–H groups in total. The van der Waals surface area contributed by atoms with Gasteiger partial charge in [-0.3, -0.25) is 4.99 Å². The van der Waals surface area contributed by atoms with Gasteiger partial charge in [0.2, 0.25) is 0 Å². The lowest BCUT2D eigenvalue weighted by molar-refractivity contribution is 0.624. The minimum Gasteiger partial charge on any atom is -0.345 e. The second-order valence-electron chi connectivity index (χ2n) is 4.90. The first-order chi connectivity index (χ1) is 10.1. The van der Waals surface area contributed by atoms with Gasteiger partial charge in [-0.05, 0) is 37.6 Å². The number of nitrogens with one attached hydrogen (secondary N) is 1. The Bertz CT molecular complexity index is 748. The standard InChI is InChI=1S/C16H14ClFN2S/c1-9-7-12(10(2)21-9)15-13(17)8-19-16(20-15)11-5-3-4-6-14(11)18/h3-8,15H,1-2H3,(H,19,20). The van der Waals surface area contributed by atoms with Crippen LogP contribution in [0.15, 0.2) is 46.6 Å². The molecule has 2 nitrogen and oxygen atoms in total. The molecule has 1 aliphatic rings. The van der Waals surface area contributed by atoms with Crippen LogP contribution in [-0.2, 0) is 0 Å². The highest BCUT2D eigenvalue weighted by Gasteiger charge is 2.23. The van der Waals surface area contributed by atoms with Crippen molar-refractivity contribution in [3.63, 3.8) is 0 Å². The van der Waals surface area contributed by atoms with Gasteiger partial charge in [-0.15, -0.1) is 11.3 Å². The van der Waals surface area contributed by atoms with E-state index in [2.05, 4.69) is 30.2 Å². The van der Waals surface area contributed by atoms with Crippen LogP contribution in [0.3, 0.4) is 0 Å². The van der Waals surface area contributed by atoms with Crippen LogP contribution in [0.5, 0.6) is 0 Å². The third-order valence-corrected chi connectivity index (χ3v) is 4.67. The van der Waals surface area contributed by atoms with E-state index in [9.17, 15) is 4.39 Å². The molecule has 0 bridgehead atoms. The molecule has 1 unspecified atom stereocenters. The van der Waals surface area contributed by atoms with Crippen LogP contribution in [0.4, 0.5) is 4.39 Å². The topological polar surface area (TPSA) is 24.4 Å². The monoisotopic (exact) mass is 320 g/mol. The normalized spacial score (nSPS) is 18.0. The molecule has 0 radical (unpaired) electrons. The SMILES string of the molecule is Cc1cc(C2N=C(c3ccccc3F)NC=C2Cl)c(C)s1. The molecule has 0 spiro atoms. The average molecular weight is 321 g/mol. The molecule has 1 aliphatic heterocycles. The van der Waals surface area contributed by atoms with Crippen LogP contribution in [0.2, 0.25) is 0 Å². The van der Waals surface area contributed by atoms with E-state index in [0.29, 0.717) is 16.4 Å². The first kappa shape index (κ1) is 14.3. The van der Waals surface area contributed by atoms with Crippen LogP contribution in [0.25, 0.3) is 0 Å². The fourth-order valence-electron chi connectivity index (χ4n) is 2.38. The van der Waals surface area contributed by atoms with Gasteiger partial charge in [-0.2, -0.15) is 0 Å². The summed E-state index contributed by atoms with van der Waals surface area (Å²) in [6.45, 7) is 4.11. The fourth-order valence-corrected chi connectivity index (χ4v) is 3.56. The summed E-state index contributed by atoms with van der Waals surface area (Å²) in [7, 11) is 0. The molecule has 0 saturated carbocycles. The Morgan fingerprint density at radius 2 is 2.05 bits per heavy atom. The zero-order valence-corrected chi connectivity index (χ0v) is 13.2. The van der Waals surface area contributed by atoms with Crippen LogP contribution in [0, 0.1) is 19.7 Å². The van der Waals surface area contributed by atoms with Gasteiger partial charge in [0.1, 0.15) is 17.7 Å². The van der Waals surface area contributed by atoms with Crippen molar-refractivity contribution < 1.29 is 4.39 Å². The second-order valence-corrected chi connectivity index (χ2v) is 6.80. The van der Waals surface area contributed by atoms with E-state index in [0.717, 1.165) is 5.56 Å². The number of benzene rings is 1. The molecule has 2 aromatic rings. The maximum absolute atomic E-state index is 13.9. The van der Waals surface area contributed by atoms with Crippen molar-refractivity contribution in [3.8, 4) is 0 Å². The number of nitrogens with zero attached hydrogens (tertiary/aromatic N) is 1. The lowest BCUT2D eigenvalue weighted by atomic mass is 10.1. The predicted octanol–water partition coefficient (Wildman–Crippen LogP) is 4.68. The van der Waals surface area contributed by atoms with E-state index in [1.54, 1.807) is 35.7 Å². The molecule has 5 heteroatoms. The first-order valence-corrected chi connectivity index (χ1v) is 7.77. The Labute approximate surface area is 132 Å². The zero-order valence-electron chi connectivity index (χ0n) is 11.7. The summed E-state index contributed by atoms with van der Waals surface area (Å²) in [5.74, 6) is 0.206. The zero-order chi connectivity index (χ0) is 15.0. The van der Waals surface area contributed by atoms with E-state index in [1.807, 2.05) is 0 Å². The van der Waals surface area contributed by atoms with Gasteiger partial charge in [0.25, 0.3) is 0 Å². The highest BCUT2D eigenvalue weighted by molar-refractivity contribution is 7.12. The highest BCUT2D eigenvalue weighted by atomic mass is 35.5. The number of hydrogen-bond acceptors (Lipinski definition) is 3. The maximum Gasteiger partial charge on any atom is 0.136 e. The molecular formula is C16H14ClFN2S. The molecule has 0 aliphatic carbocycles. The molecule has 2 heterocycles. The third-order valence-electron chi connectivity index (χ3n) is 3.37. The molecule has 0 amide bonds. The minimum atomic E-state index is -0.299. The highest BCUT2D eigenvalue weighted by Crippen LogP contribution is 2.36. The van der Waals surface area contributed by atoms with E-state index in [1.165, 1.54) is 15.8 Å². The summed E-state index contributed by atoms with van der Waals surface area (Å²) in [5, 5.41) is 3.58. The summed E-state index contributed by atoms with van der Waals surface area (Å²) >= 11 is 8.01. The lowest BCUT2D eigenvalue weighted by Crippen LogP contribution is -2.25. The Morgan fingerprint density at radius 1 is 1.29 bits per heavy atom.